The van der Waals surface area contributed by atoms with Gasteiger partial charge in [0.15, 0.2) is 0 Å². The van der Waals surface area contributed by atoms with Crippen LogP contribution in [-0.4, -0.2) is 22.0 Å². The zero-order valence-corrected chi connectivity index (χ0v) is 11.4. The first-order chi connectivity index (χ1) is 9.40. The van der Waals surface area contributed by atoms with Crippen LogP contribution < -0.4 is 5.32 Å². The Morgan fingerprint density at radius 1 is 1.20 bits per heavy atom. The summed E-state index contributed by atoms with van der Waals surface area (Å²) in [5, 5.41) is 11.4. The van der Waals surface area contributed by atoms with Crippen molar-refractivity contribution in [1.82, 2.24) is 4.98 Å². The van der Waals surface area contributed by atoms with Crippen molar-refractivity contribution in [2.75, 3.05) is 5.32 Å². The number of amides is 1. The molecule has 2 aromatic heterocycles. The first-order valence-electron chi connectivity index (χ1n) is 5.97. The summed E-state index contributed by atoms with van der Waals surface area (Å²) < 4.78 is 5.40. The number of aromatic nitrogens is 1. The van der Waals surface area contributed by atoms with Crippen molar-refractivity contribution < 1.29 is 19.1 Å². The lowest BCUT2D eigenvalue weighted by molar-refractivity contribution is 0.0696. The van der Waals surface area contributed by atoms with Crippen LogP contribution >= 0.6 is 0 Å². The highest BCUT2D eigenvalue weighted by atomic mass is 16.4. The minimum atomic E-state index is -1.06. The summed E-state index contributed by atoms with van der Waals surface area (Å²) in [6, 6.07) is 2.82. The molecular weight excluding hydrogens is 260 g/mol. The van der Waals surface area contributed by atoms with Crippen LogP contribution in [0.2, 0.25) is 0 Å². The van der Waals surface area contributed by atoms with Gasteiger partial charge in [-0.05, 0) is 32.9 Å². The standard InChI is InChI=1S/C14H14N2O4/c1-7-8(2)20-9(3)12(7)13(17)16-11-5-4-10(6-15-11)14(18)19/h4-6H,1-3H3,(H,18,19)(H,15,16,17). The number of aromatic carboxylic acids is 1. The number of furan rings is 1. The molecule has 0 unspecified atom stereocenters. The van der Waals surface area contributed by atoms with Gasteiger partial charge in [-0.15, -0.1) is 0 Å². The highest BCUT2D eigenvalue weighted by Gasteiger charge is 2.18. The Morgan fingerprint density at radius 3 is 2.35 bits per heavy atom. The number of nitrogens with one attached hydrogen (secondary N) is 1. The van der Waals surface area contributed by atoms with E-state index in [1.807, 2.05) is 6.92 Å². The van der Waals surface area contributed by atoms with Crippen LogP contribution in [0.1, 0.15) is 37.8 Å². The van der Waals surface area contributed by atoms with E-state index in [4.69, 9.17) is 9.52 Å². The normalized spacial score (nSPS) is 10.3. The summed E-state index contributed by atoms with van der Waals surface area (Å²) in [5.41, 5.74) is 1.32. The first kappa shape index (κ1) is 13.8. The third-order valence-corrected chi connectivity index (χ3v) is 3.04. The monoisotopic (exact) mass is 274 g/mol. The SMILES string of the molecule is Cc1oc(C)c(C(=O)Nc2ccc(C(=O)O)cn2)c1C. The summed E-state index contributed by atoms with van der Waals surface area (Å²) in [5.74, 6) is 0.138. The van der Waals surface area contributed by atoms with Gasteiger partial charge < -0.3 is 14.8 Å². The smallest absolute Gasteiger partial charge is 0.337 e. The zero-order chi connectivity index (χ0) is 14.9. The lowest BCUT2D eigenvalue weighted by atomic mass is 10.1. The minimum Gasteiger partial charge on any atom is -0.478 e. The third-order valence-electron chi connectivity index (χ3n) is 3.04. The lowest BCUT2D eigenvalue weighted by Crippen LogP contribution is -2.14. The van der Waals surface area contributed by atoms with Gasteiger partial charge in [0.1, 0.15) is 17.3 Å². The Hall–Kier alpha value is -2.63. The molecule has 6 heteroatoms. The molecule has 2 heterocycles. The number of nitrogens with zero attached hydrogens (tertiary/aromatic N) is 1. The minimum absolute atomic E-state index is 0.0644. The van der Waals surface area contributed by atoms with E-state index in [1.165, 1.54) is 18.3 Å². The van der Waals surface area contributed by atoms with E-state index in [1.54, 1.807) is 13.8 Å². The fourth-order valence-corrected chi connectivity index (χ4v) is 1.90. The molecule has 0 aromatic carbocycles. The van der Waals surface area contributed by atoms with Crippen molar-refractivity contribution >= 4 is 17.7 Å². The van der Waals surface area contributed by atoms with Gasteiger partial charge >= 0.3 is 5.97 Å². The molecule has 2 rings (SSSR count). The molecule has 0 saturated heterocycles. The van der Waals surface area contributed by atoms with Gasteiger partial charge in [-0.1, -0.05) is 0 Å². The maximum absolute atomic E-state index is 12.2. The average Bonchev–Trinajstić information content (AvgIpc) is 2.63. The van der Waals surface area contributed by atoms with Crippen LogP contribution in [0.4, 0.5) is 5.82 Å². The number of carboxylic acid groups (broad SMARTS) is 1. The topological polar surface area (TPSA) is 92.4 Å². The Kier molecular flexibility index (Phi) is 3.56. The summed E-state index contributed by atoms with van der Waals surface area (Å²) in [6.45, 7) is 5.32. The van der Waals surface area contributed by atoms with Crippen molar-refractivity contribution in [2.24, 2.45) is 0 Å². The van der Waals surface area contributed by atoms with Gasteiger partial charge in [-0.25, -0.2) is 9.78 Å². The van der Waals surface area contributed by atoms with E-state index in [-0.39, 0.29) is 17.3 Å². The van der Waals surface area contributed by atoms with Gasteiger partial charge in [0.2, 0.25) is 0 Å². The average molecular weight is 274 g/mol. The number of rotatable bonds is 3. The summed E-state index contributed by atoms with van der Waals surface area (Å²) in [6.07, 6.45) is 1.19. The van der Waals surface area contributed by atoms with Crippen LogP contribution in [0.3, 0.4) is 0 Å². The fourth-order valence-electron chi connectivity index (χ4n) is 1.90. The molecule has 2 aromatic rings. The van der Waals surface area contributed by atoms with Crippen LogP contribution in [0.15, 0.2) is 22.7 Å². The quantitative estimate of drug-likeness (QED) is 0.897. The highest BCUT2D eigenvalue weighted by molar-refractivity contribution is 6.05. The largest absolute Gasteiger partial charge is 0.478 e. The molecule has 0 fully saturated rings. The van der Waals surface area contributed by atoms with Crippen molar-refractivity contribution in [3.05, 3.63) is 46.5 Å². The number of hydrogen-bond acceptors (Lipinski definition) is 4. The number of carbonyl (C=O) groups excluding carboxylic acids is 1. The van der Waals surface area contributed by atoms with E-state index in [2.05, 4.69) is 10.3 Å². The molecule has 0 saturated carbocycles. The predicted octanol–water partition coefficient (Wildman–Crippen LogP) is 2.55. The van der Waals surface area contributed by atoms with E-state index in [0.29, 0.717) is 17.1 Å². The summed E-state index contributed by atoms with van der Waals surface area (Å²) in [4.78, 5) is 26.8. The van der Waals surface area contributed by atoms with Crippen molar-refractivity contribution in [3.63, 3.8) is 0 Å². The van der Waals surface area contributed by atoms with Crippen molar-refractivity contribution in [1.29, 1.82) is 0 Å². The van der Waals surface area contributed by atoms with Crippen molar-refractivity contribution in [3.8, 4) is 0 Å². The van der Waals surface area contributed by atoms with Crippen LogP contribution in [0.5, 0.6) is 0 Å². The van der Waals surface area contributed by atoms with Crippen molar-refractivity contribution in [2.45, 2.75) is 20.8 Å². The highest BCUT2D eigenvalue weighted by Crippen LogP contribution is 2.21. The molecule has 0 radical (unpaired) electrons. The second-order valence-electron chi connectivity index (χ2n) is 4.41. The van der Waals surface area contributed by atoms with Gasteiger partial charge in [-0.2, -0.15) is 0 Å². The second-order valence-corrected chi connectivity index (χ2v) is 4.41. The molecule has 2 N–H and O–H groups in total. The maximum Gasteiger partial charge on any atom is 0.337 e. The lowest BCUT2D eigenvalue weighted by Gasteiger charge is -2.04. The van der Waals surface area contributed by atoms with Crippen LogP contribution in [0, 0.1) is 20.8 Å². The first-order valence-corrected chi connectivity index (χ1v) is 5.97. The molecule has 0 bridgehead atoms. The molecule has 20 heavy (non-hydrogen) atoms. The number of hydrogen-bond donors (Lipinski definition) is 2. The molecule has 0 aliphatic heterocycles. The summed E-state index contributed by atoms with van der Waals surface area (Å²) in [7, 11) is 0. The van der Waals surface area contributed by atoms with E-state index >= 15 is 0 Å². The molecular formula is C14H14N2O4. The fraction of sp³-hybridized carbons (Fsp3) is 0.214. The van der Waals surface area contributed by atoms with Gasteiger partial charge in [0, 0.05) is 11.8 Å². The Bertz CT molecular complexity index is 671. The molecule has 0 atom stereocenters. The number of pyridine rings is 1. The van der Waals surface area contributed by atoms with Gasteiger partial charge in [-0.3, -0.25) is 4.79 Å². The number of aryl methyl sites for hydroxylation is 2. The van der Waals surface area contributed by atoms with Gasteiger partial charge in [0.25, 0.3) is 5.91 Å². The summed E-state index contributed by atoms with van der Waals surface area (Å²) >= 11 is 0. The Morgan fingerprint density at radius 2 is 1.90 bits per heavy atom. The van der Waals surface area contributed by atoms with E-state index in [0.717, 1.165) is 5.56 Å². The molecule has 0 aliphatic carbocycles. The third kappa shape index (κ3) is 2.54. The van der Waals surface area contributed by atoms with Crippen LogP contribution in [-0.2, 0) is 0 Å². The number of carbonyl (C=O) groups is 2. The predicted molar refractivity (Wildman–Crippen MR) is 72.1 cm³/mol. The van der Waals surface area contributed by atoms with E-state index in [9.17, 15) is 9.59 Å². The molecule has 1 amide bonds. The molecule has 0 spiro atoms. The Balaban J connectivity index is 2.21. The van der Waals surface area contributed by atoms with Crippen LogP contribution in [0.25, 0.3) is 0 Å². The maximum atomic E-state index is 12.2. The zero-order valence-electron chi connectivity index (χ0n) is 11.4. The van der Waals surface area contributed by atoms with E-state index < -0.39 is 5.97 Å². The number of anilines is 1. The molecule has 0 aliphatic rings. The van der Waals surface area contributed by atoms with Gasteiger partial charge in [0.05, 0.1) is 11.1 Å². The second kappa shape index (κ2) is 5.16. The molecule has 104 valence electrons. The molecule has 6 nitrogen and oxygen atoms in total. The Labute approximate surface area is 115 Å². The number of carboxylic acids is 1.